The summed E-state index contributed by atoms with van der Waals surface area (Å²) in [4.78, 5) is 7.31. The van der Waals surface area contributed by atoms with Crippen molar-refractivity contribution < 1.29 is 4.42 Å². The van der Waals surface area contributed by atoms with Gasteiger partial charge in [0.1, 0.15) is 5.52 Å². The van der Waals surface area contributed by atoms with Gasteiger partial charge in [-0.2, -0.15) is 0 Å². The van der Waals surface area contributed by atoms with Gasteiger partial charge in [-0.05, 0) is 112 Å². The molecule has 0 atom stereocenters. The Labute approximate surface area is 313 Å². The number of hydrogen-bond donors (Lipinski definition) is 0. The molecule has 256 valence electrons. The summed E-state index contributed by atoms with van der Waals surface area (Å²) in [6.07, 6.45) is 0. The lowest BCUT2D eigenvalue weighted by Crippen LogP contribution is -2.15. The Hall–Kier alpha value is -6.91. The van der Waals surface area contributed by atoms with Gasteiger partial charge < -0.3 is 13.9 Å². The Kier molecular flexibility index (Phi) is 6.56. The van der Waals surface area contributed by atoms with E-state index in [0.717, 1.165) is 44.8 Å². The predicted octanol–water partition coefficient (Wildman–Crippen LogP) is 13.5. The van der Waals surface area contributed by atoms with Crippen LogP contribution < -0.4 is 4.90 Å². The van der Waals surface area contributed by atoms with E-state index in [1.807, 2.05) is 36.4 Å². The Morgan fingerprint density at radius 2 is 1.26 bits per heavy atom. The van der Waals surface area contributed by atoms with E-state index >= 15 is 0 Å². The summed E-state index contributed by atoms with van der Waals surface area (Å²) in [6.45, 7) is 4.66. The van der Waals surface area contributed by atoms with Gasteiger partial charge in [0.2, 0.25) is 5.89 Å². The molecule has 1 aliphatic carbocycles. The molecule has 2 aromatic heterocycles. The molecule has 0 radical (unpaired) electrons. The molecule has 0 saturated heterocycles. The minimum absolute atomic E-state index is 0.0870. The van der Waals surface area contributed by atoms with Gasteiger partial charge in [-0.1, -0.05) is 111 Å². The Balaban J connectivity index is 1.16. The first kappa shape index (κ1) is 30.7. The molecular formula is C50H35N3O. The highest BCUT2D eigenvalue weighted by Crippen LogP contribution is 2.51. The Morgan fingerprint density at radius 3 is 2.13 bits per heavy atom. The van der Waals surface area contributed by atoms with Crippen LogP contribution in [-0.2, 0) is 5.41 Å². The van der Waals surface area contributed by atoms with Gasteiger partial charge in [0, 0.05) is 38.8 Å². The predicted molar refractivity (Wildman–Crippen MR) is 224 cm³/mol. The fourth-order valence-electron chi connectivity index (χ4n) is 8.78. The van der Waals surface area contributed by atoms with Gasteiger partial charge in [0.15, 0.2) is 5.58 Å². The van der Waals surface area contributed by atoms with Crippen molar-refractivity contribution in [2.24, 2.45) is 0 Å². The van der Waals surface area contributed by atoms with Gasteiger partial charge in [-0.3, -0.25) is 0 Å². The summed E-state index contributed by atoms with van der Waals surface area (Å²) in [5.41, 5.74) is 14.2. The first-order valence-corrected chi connectivity index (χ1v) is 18.5. The van der Waals surface area contributed by atoms with Gasteiger partial charge in [0.05, 0.1) is 16.7 Å². The van der Waals surface area contributed by atoms with Crippen molar-refractivity contribution in [1.29, 1.82) is 0 Å². The van der Waals surface area contributed by atoms with Crippen LogP contribution in [0.5, 0.6) is 0 Å². The zero-order valence-corrected chi connectivity index (χ0v) is 30.0. The van der Waals surface area contributed by atoms with Crippen LogP contribution in [0.4, 0.5) is 17.1 Å². The van der Waals surface area contributed by atoms with Crippen molar-refractivity contribution in [3.05, 3.63) is 187 Å². The number of para-hydroxylation sites is 3. The molecule has 54 heavy (non-hydrogen) atoms. The maximum absolute atomic E-state index is 6.68. The van der Waals surface area contributed by atoms with E-state index in [9.17, 15) is 0 Å². The normalized spacial score (nSPS) is 13.1. The number of oxazole rings is 1. The number of benzene rings is 8. The lowest BCUT2D eigenvalue weighted by molar-refractivity contribution is 0.620. The van der Waals surface area contributed by atoms with Crippen LogP contribution in [0.25, 0.3) is 71.9 Å². The highest BCUT2D eigenvalue weighted by Gasteiger charge is 2.35. The number of nitrogens with zero attached hydrogens (tertiary/aromatic N) is 3. The van der Waals surface area contributed by atoms with Crippen LogP contribution >= 0.6 is 0 Å². The second-order valence-electron chi connectivity index (χ2n) is 14.8. The highest BCUT2D eigenvalue weighted by molar-refractivity contribution is 6.14. The van der Waals surface area contributed by atoms with E-state index in [1.54, 1.807) is 0 Å². The largest absolute Gasteiger partial charge is 0.434 e. The smallest absolute Gasteiger partial charge is 0.227 e. The highest BCUT2D eigenvalue weighted by atomic mass is 16.3. The number of aromatic nitrogens is 2. The molecule has 2 heterocycles. The van der Waals surface area contributed by atoms with Crippen LogP contribution in [0.3, 0.4) is 0 Å². The van der Waals surface area contributed by atoms with Gasteiger partial charge >= 0.3 is 0 Å². The first-order valence-electron chi connectivity index (χ1n) is 18.5. The molecule has 8 aromatic carbocycles. The maximum atomic E-state index is 6.68. The zero-order chi connectivity index (χ0) is 36.0. The molecule has 0 N–H and O–H groups in total. The Morgan fingerprint density at radius 1 is 0.537 bits per heavy atom. The molecule has 11 rings (SSSR count). The molecule has 0 unspecified atom stereocenters. The Bertz CT molecular complexity index is 3080. The average molecular weight is 694 g/mol. The molecular weight excluding hydrogens is 659 g/mol. The standard InChI is InChI=1S/C50H35N3O/c1-50(2)42-20-11-9-18-38(42)40-31-37(26-27-43(40)50)52(46-23-13-21-44-48(46)54-49(51-44)32-14-5-3-6-15-32)36-25-24-33-29-41-39-19-10-12-22-45(39)53(35-16-7-4-8-17-35)47(41)30-34(33)28-36/h3-31H,1-2H3. The van der Waals surface area contributed by atoms with E-state index in [2.05, 4.69) is 163 Å². The van der Waals surface area contributed by atoms with Crippen molar-refractivity contribution in [3.63, 3.8) is 0 Å². The van der Waals surface area contributed by atoms with E-state index < -0.39 is 0 Å². The fourth-order valence-corrected chi connectivity index (χ4v) is 8.78. The average Bonchev–Trinajstić information content (AvgIpc) is 3.87. The minimum Gasteiger partial charge on any atom is -0.434 e. The monoisotopic (exact) mass is 693 g/mol. The lowest BCUT2D eigenvalue weighted by atomic mass is 9.82. The molecule has 0 bridgehead atoms. The molecule has 4 heteroatoms. The molecule has 0 fully saturated rings. The number of anilines is 3. The third kappa shape index (κ3) is 4.53. The summed E-state index contributed by atoms with van der Waals surface area (Å²) in [6, 6.07) is 63.0. The molecule has 0 saturated carbocycles. The maximum Gasteiger partial charge on any atom is 0.227 e. The van der Waals surface area contributed by atoms with Crippen LogP contribution in [0, 0.1) is 0 Å². The van der Waals surface area contributed by atoms with E-state index in [0.29, 0.717) is 5.89 Å². The molecule has 0 aliphatic heterocycles. The number of rotatable bonds is 5. The molecule has 0 spiro atoms. The minimum atomic E-state index is -0.0870. The van der Waals surface area contributed by atoms with Gasteiger partial charge in [-0.15, -0.1) is 0 Å². The van der Waals surface area contributed by atoms with E-state index in [1.165, 1.54) is 49.4 Å². The fraction of sp³-hybridized carbons (Fsp3) is 0.0600. The van der Waals surface area contributed by atoms with E-state index in [4.69, 9.17) is 9.40 Å². The summed E-state index contributed by atoms with van der Waals surface area (Å²) in [5, 5.41) is 4.84. The summed E-state index contributed by atoms with van der Waals surface area (Å²) >= 11 is 0. The third-order valence-corrected chi connectivity index (χ3v) is 11.4. The summed E-state index contributed by atoms with van der Waals surface area (Å²) in [5.74, 6) is 0.609. The van der Waals surface area contributed by atoms with Crippen LogP contribution in [-0.4, -0.2) is 9.55 Å². The SMILES string of the molecule is CC1(C)c2ccccc2-c2cc(N(c3ccc4cc5c6ccccc6n(-c6ccccc6)c5cc4c3)c3cccc4nc(-c5ccccc5)oc34)ccc21. The van der Waals surface area contributed by atoms with Crippen molar-refractivity contribution in [3.8, 4) is 28.3 Å². The van der Waals surface area contributed by atoms with Crippen molar-refractivity contribution in [2.45, 2.75) is 19.3 Å². The quantitative estimate of drug-likeness (QED) is 0.180. The van der Waals surface area contributed by atoms with E-state index in [-0.39, 0.29) is 5.41 Å². The van der Waals surface area contributed by atoms with Crippen molar-refractivity contribution in [2.75, 3.05) is 4.90 Å². The van der Waals surface area contributed by atoms with Gasteiger partial charge in [0.25, 0.3) is 0 Å². The van der Waals surface area contributed by atoms with Crippen molar-refractivity contribution in [1.82, 2.24) is 9.55 Å². The second-order valence-corrected chi connectivity index (χ2v) is 14.8. The molecule has 4 nitrogen and oxygen atoms in total. The molecule has 10 aromatic rings. The van der Waals surface area contributed by atoms with Gasteiger partial charge in [-0.25, -0.2) is 4.98 Å². The topological polar surface area (TPSA) is 34.2 Å². The molecule has 1 aliphatic rings. The first-order chi connectivity index (χ1) is 26.5. The lowest BCUT2D eigenvalue weighted by Gasteiger charge is -2.27. The van der Waals surface area contributed by atoms with Crippen molar-refractivity contribution >= 4 is 60.7 Å². The zero-order valence-electron chi connectivity index (χ0n) is 30.0. The third-order valence-electron chi connectivity index (χ3n) is 11.4. The number of fused-ring (bicyclic) bond motifs is 8. The van der Waals surface area contributed by atoms with Crippen LogP contribution in [0.2, 0.25) is 0 Å². The van der Waals surface area contributed by atoms with Crippen LogP contribution in [0.15, 0.2) is 180 Å². The number of hydrogen-bond acceptors (Lipinski definition) is 3. The summed E-state index contributed by atoms with van der Waals surface area (Å²) < 4.78 is 9.06. The second kappa shape index (κ2) is 11.5. The summed E-state index contributed by atoms with van der Waals surface area (Å²) in [7, 11) is 0. The van der Waals surface area contributed by atoms with Crippen LogP contribution in [0.1, 0.15) is 25.0 Å². The molecule has 0 amide bonds.